The lowest BCUT2D eigenvalue weighted by Gasteiger charge is -2.15. The molecule has 0 aliphatic rings. The van der Waals surface area contributed by atoms with Crippen molar-refractivity contribution in [2.24, 2.45) is 0 Å². The van der Waals surface area contributed by atoms with Crippen LogP contribution >= 0.6 is 0 Å². The van der Waals surface area contributed by atoms with E-state index in [0.29, 0.717) is 22.6 Å². The summed E-state index contributed by atoms with van der Waals surface area (Å²) in [5.74, 6) is 0.585. The van der Waals surface area contributed by atoms with Crippen molar-refractivity contribution in [1.82, 2.24) is 0 Å². The zero-order chi connectivity index (χ0) is 24.4. The van der Waals surface area contributed by atoms with Gasteiger partial charge in [0.1, 0.15) is 36.9 Å². The molecule has 2 rings (SSSR count). The molecule has 2 atom stereocenters. The summed E-state index contributed by atoms with van der Waals surface area (Å²) < 4.78 is 21.8. The number of benzene rings is 2. The molecule has 0 aromatic heterocycles. The van der Waals surface area contributed by atoms with E-state index in [4.69, 9.17) is 18.9 Å². The lowest BCUT2D eigenvalue weighted by atomic mass is 10.0. The molecule has 0 spiro atoms. The van der Waals surface area contributed by atoms with E-state index in [2.05, 4.69) is 13.2 Å². The molecule has 0 aliphatic heterocycles. The van der Waals surface area contributed by atoms with E-state index in [0.717, 1.165) is 17.5 Å². The highest BCUT2D eigenvalue weighted by Gasteiger charge is 2.12. The second kappa shape index (κ2) is 12.5. The maximum absolute atomic E-state index is 11.5. The Morgan fingerprint density at radius 1 is 0.697 bits per heavy atom. The summed E-state index contributed by atoms with van der Waals surface area (Å²) in [7, 11) is 0. The van der Waals surface area contributed by atoms with Crippen molar-refractivity contribution >= 4 is 11.9 Å². The van der Waals surface area contributed by atoms with Crippen LogP contribution in [-0.2, 0) is 25.5 Å². The van der Waals surface area contributed by atoms with Gasteiger partial charge in [0.2, 0.25) is 0 Å². The average Bonchev–Trinajstić information content (AvgIpc) is 2.78. The molecular weight excluding hydrogens is 420 g/mol. The highest BCUT2D eigenvalue weighted by Crippen LogP contribution is 2.18. The second-order valence-corrected chi connectivity index (χ2v) is 8.08. The molecule has 2 aromatic rings. The number of rotatable bonds is 12. The minimum Gasteiger partial charge on any atom is -0.490 e. The number of carbonyl (C=O) groups is 2. The van der Waals surface area contributed by atoms with Gasteiger partial charge in [0, 0.05) is 11.1 Å². The number of hydrogen-bond donors (Lipinski definition) is 0. The number of ether oxygens (including phenoxy) is 4. The summed E-state index contributed by atoms with van der Waals surface area (Å²) in [6.45, 7) is 14.4. The molecule has 0 fully saturated rings. The van der Waals surface area contributed by atoms with Gasteiger partial charge in [0.25, 0.3) is 0 Å². The highest BCUT2D eigenvalue weighted by molar-refractivity contribution is 5.87. The first kappa shape index (κ1) is 25.7. The minimum atomic E-state index is -0.418. The van der Waals surface area contributed by atoms with Gasteiger partial charge in [-0.2, -0.15) is 0 Å². The summed E-state index contributed by atoms with van der Waals surface area (Å²) in [4.78, 5) is 23.0. The van der Waals surface area contributed by atoms with Crippen molar-refractivity contribution in [3.8, 4) is 11.5 Å². The van der Waals surface area contributed by atoms with Crippen molar-refractivity contribution in [3.63, 3.8) is 0 Å². The molecule has 0 radical (unpaired) electrons. The van der Waals surface area contributed by atoms with Gasteiger partial charge in [0.05, 0.1) is 0 Å². The summed E-state index contributed by atoms with van der Waals surface area (Å²) in [6, 6.07) is 15.6. The number of hydrogen-bond acceptors (Lipinski definition) is 6. The Kier molecular flexibility index (Phi) is 9.73. The molecule has 0 saturated heterocycles. The normalized spacial score (nSPS) is 12.2. The second-order valence-electron chi connectivity index (χ2n) is 8.08. The zero-order valence-electron chi connectivity index (χ0n) is 19.8. The first-order chi connectivity index (χ1) is 15.6. The van der Waals surface area contributed by atoms with Gasteiger partial charge in [-0.05, 0) is 69.5 Å². The van der Waals surface area contributed by atoms with Crippen LogP contribution in [0, 0.1) is 0 Å². The van der Waals surface area contributed by atoms with Crippen molar-refractivity contribution in [2.45, 2.75) is 46.3 Å². The fourth-order valence-corrected chi connectivity index (χ4v) is 2.70. The topological polar surface area (TPSA) is 71.1 Å². The van der Waals surface area contributed by atoms with E-state index in [1.165, 1.54) is 0 Å². The van der Waals surface area contributed by atoms with Gasteiger partial charge < -0.3 is 18.9 Å². The van der Waals surface area contributed by atoms with E-state index < -0.39 is 11.9 Å². The van der Waals surface area contributed by atoms with Gasteiger partial charge in [-0.25, -0.2) is 9.59 Å². The first-order valence-corrected chi connectivity index (χ1v) is 10.8. The molecule has 0 saturated carbocycles. The number of carbonyl (C=O) groups excluding carboxylic acids is 2. The third-order valence-corrected chi connectivity index (χ3v) is 4.54. The lowest BCUT2D eigenvalue weighted by Crippen LogP contribution is -2.22. The van der Waals surface area contributed by atoms with Crippen LogP contribution < -0.4 is 9.47 Å². The largest absolute Gasteiger partial charge is 0.490 e. The van der Waals surface area contributed by atoms with Crippen LogP contribution in [0.2, 0.25) is 0 Å². The Labute approximate surface area is 195 Å². The van der Waals surface area contributed by atoms with E-state index in [-0.39, 0.29) is 25.4 Å². The molecule has 0 heterocycles. The Morgan fingerprint density at radius 2 is 1.03 bits per heavy atom. The molecule has 6 heteroatoms. The Hall–Kier alpha value is -3.54. The van der Waals surface area contributed by atoms with E-state index in [1.807, 2.05) is 48.5 Å². The smallest absolute Gasteiger partial charge is 0.333 e. The molecule has 0 bridgehead atoms. The minimum absolute atomic E-state index is 0.269. The maximum atomic E-state index is 11.5. The summed E-state index contributed by atoms with van der Waals surface area (Å²) >= 11 is 0. The fraction of sp³-hybridized carbons (Fsp3) is 0.333. The van der Waals surface area contributed by atoms with E-state index in [9.17, 15) is 9.59 Å². The van der Waals surface area contributed by atoms with Crippen LogP contribution in [0.4, 0.5) is 0 Å². The Morgan fingerprint density at radius 3 is 1.33 bits per heavy atom. The lowest BCUT2D eigenvalue weighted by molar-refractivity contribution is -0.145. The van der Waals surface area contributed by atoms with Crippen molar-refractivity contribution in [1.29, 1.82) is 0 Å². The van der Waals surface area contributed by atoms with Gasteiger partial charge in [-0.3, -0.25) is 0 Å². The zero-order valence-corrected chi connectivity index (χ0v) is 19.8. The summed E-state index contributed by atoms with van der Waals surface area (Å²) in [6.07, 6.45) is 0.0336. The molecule has 33 heavy (non-hydrogen) atoms. The quantitative estimate of drug-likeness (QED) is 0.331. The van der Waals surface area contributed by atoms with Crippen LogP contribution in [0.1, 0.15) is 38.8 Å². The molecular formula is C27H32O6. The summed E-state index contributed by atoms with van der Waals surface area (Å²) in [5, 5.41) is 0. The molecule has 2 unspecified atom stereocenters. The Balaban J connectivity index is 1.79. The predicted molar refractivity (Wildman–Crippen MR) is 127 cm³/mol. The molecule has 6 nitrogen and oxygen atoms in total. The van der Waals surface area contributed by atoms with Crippen molar-refractivity contribution in [2.75, 3.05) is 13.2 Å². The molecule has 0 amide bonds. The van der Waals surface area contributed by atoms with Crippen LogP contribution in [0.15, 0.2) is 72.8 Å². The maximum Gasteiger partial charge on any atom is 0.333 e. The fourth-order valence-electron chi connectivity index (χ4n) is 2.70. The molecule has 0 aliphatic carbocycles. The molecule has 2 aromatic carbocycles. The van der Waals surface area contributed by atoms with Gasteiger partial charge in [-0.15, -0.1) is 0 Å². The third kappa shape index (κ3) is 9.23. The number of esters is 2. The van der Waals surface area contributed by atoms with Crippen LogP contribution in [0.25, 0.3) is 0 Å². The van der Waals surface area contributed by atoms with E-state index >= 15 is 0 Å². The van der Waals surface area contributed by atoms with Gasteiger partial charge in [0.15, 0.2) is 0 Å². The summed E-state index contributed by atoms with van der Waals surface area (Å²) in [5.41, 5.74) is 3.00. The predicted octanol–water partition coefficient (Wildman–Crippen LogP) is 5.05. The van der Waals surface area contributed by atoms with E-state index in [1.54, 1.807) is 27.7 Å². The average molecular weight is 453 g/mol. The Bertz CT molecular complexity index is 880. The molecule has 0 N–H and O–H groups in total. The molecule has 176 valence electrons. The van der Waals surface area contributed by atoms with Crippen LogP contribution in [0.3, 0.4) is 0 Å². The highest BCUT2D eigenvalue weighted by atomic mass is 16.6. The standard InChI is InChI=1S/C27H32O6/c1-18(2)26(28)32-20(5)16-30-24-11-7-22(8-12-24)15-23-9-13-25(14-10-23)31-17-21(6)33-27(29)19(3)4/h7-14,20-21H,1,3,15-17H2,2,4-6H3. The SMILES string of the molecule is C=C(C)C(=O)OC(C)COc1ccc(Cc2ccc(OCC(C)OC(=O)C(=C)C)cc2)cc1. The van der Waals surface area contributed by atoms with Crippen LogP contribution in [-0.4, -0.2) is 37.4 Å². The van der Waals surface area contributed by atoms with Crippen molar-refractivity contribution < 1.29 is 28.5 Å². The third-order valence-electron chi connectivity index (χ3n) is 4.54. The van der Waals surface area contributed by atoms with Gasteiger partial charge >= 0.3 is 11.9 Å². The van der Waals surface area contributed by atoms with Crippen molar-refractivity contribution in [3.05, 3.63) is 84.0 Å². The van der Waals surface area contributed by atoms with Crippen LogP contribution in [0.5, 0.6) is 11.5 Å². The monoisotopic (exact) mass is 452 g/mol. The van der Waals surface area contributed by atoms with Gasteiger partial charge in [-0.1, -0.05) is 37.4 Å². The first-order valence-electron chi connectivity index (χ1n) is 10.8.